The quantitative estimate of drug-likeness (QED) is 0.299. The second-order valence-electron chi connectivity index (χ2n) is 8.11. The minimum Gasteiger partial charge on any atom is -0.339 e. The minimum absolute atomic E-state index is 0.0401. The molecule has 1 aliphatic rings. The van der Waals surface area contributed by atoms with Crippen LogP contribution in [0.3, 0.4) is 0 Å². The van der Waals surface area contributed by atoms with Gasteiger partial charge in [-0.3, -0.25) is 19.5 Å². The van der Waals surface area contributed by atoms with E-state index >= 15 is 0 Å². The average molecular weight is 459 g/mol. The summed E-state index contributed by atoms with van der Waals surface area (Å²) in [6, 6.07) is 12.3. The molecule has 9 heteroatoms. The van der Waals surface area contributed by atoms with Crippen LogP contribution >= 0.6 is 0 Å². The molecule has 0 saturated carbocycles. The molecule has 1 amide bonds. The fourth-order valence-corrected chi connectivity index (χ4v) is 4.82. The van der Waals surface area contributed by atoms with Gasteiger partial charge in [0.05, 0.1) is 15.7 Å². The first-order chi connectivity index (χ1) is 15.1. The summed E-state index contributed by atoms with van der Waals surface area (Å²) >= 11 is 0. The Morgan fingerprint density at radius 3 is 2.41 bits per heavy atom. The van der Waals surface area contributed by atoms with Gasteiger partial charge in [-0.2, -0.15) is 8.42 Å². The van der Waals surface area contributed by atoms with E-state index in [2.05, 4.69) is 0 Å². The molecule has 1 aliphatic heterocycles. The van der Waals surface area contributed by atoms with E-state index in [0.717, 1.165) is 11.1 Å². The predicted molar refractivity (Wildman–Crippen MR) is 123 cm³/mol. The minimum atomic E-state index is -4.11. The molecule has 32 heavy (non-hydrogen) atoms. The first kappa shape index (κ1) is 23.6. The summed E-state index contributed by atoms with van der Waals surface area (Å²) in [6.45, 7) is 4.46. The molecular weight excluding hydrogens is 432 g/mol. The van der Waals surface area contributed by atoms with Gasteiger partial charge in [0.15, 0.2) is 0 Å². The Hall–Kier alpha value is -3.04. The van der Waals surface area contributed by atoms with Gasteiger partial charge in [0.1, 0.15) is 0 Å². The monoisotopic (exact) mass is 458 g/mol. The van der Waals surface area contributed by atoms with Gasteiger partial charge in [-0.15, -0.1) is 0 Å². The lowest BCUT2D eigenvalue weighted by Gasteiger charge is -2.29. The number of likely N-dealkylation sites (tertiary alicyclic amines) is 1. The van der Waals surface area contributed by atoms with Gasteiger partial charge < -0.3 is 4.90 Å². The second kappa shape index (κ2) is 9.62. The number of hydrogen-bond donors (Lipinski definition) is 1. The molecule has 0 atom stereocenters. The van der Waals surface area contributed by atoms with Crippen molar-refractivity contribution in [3.05, 3.63) is 69.8 Å². The van der Waals surface area contributed by atoms with Crippen LogP contribution in [0.4, 0.5) is 5.69 Å². The third-order valence-electron chi connectivity index (χ3n) is 5.70. The fraction of sp³-hybridized carbons (Fsp3) is 0.348. The van der Waals surface area contributed by atoms with E-state index in [9.17, 15) is 27.9 Å². The fourth-order valence-electron chi connectivity index (χ4n) is 4.01. The average Bonchev–Trinajstić information content (AvgIpc) is 2.76. The molecule has 2 aromatic rings. The molecule has 2 aromatic carbocycles. The molecule has 0 unspecified atom stereocenters. The van der Waals surface area contributed by atoms with E-state index in [1.54, 1.807) is 18.2 Å². The van der Waals surface area contributed by atoms with Gasteiger partial charge in [-0.05, 0) is 41.5 Å². The maximum Gasteiger partial charge on any atom is 0.277 e. The lowest BCUT2D eigenvalue weighted by atomic mass is 9.89. The van der Waals surface area contributed by atoms with Crippen molar-refractivity contribution in [1.82, 2.24) is 4.90 Å². The highest BCUT2D eigenvalue weighted by molar-refractivity contribution is 7.86. The third kappa shape index (κ3) is 5.23. The molecule has 1 N–H and O–H groups in total. The number of hydrogen-bond acceptors (Lipinski definition) is 5. The molecule has 8 nitrogen and oxygen atoms in total. The Labute approximate surface area is 187 Å². The number of nitrogens with zero attached hydrogens (tertiary/aromatic N) is 2. The number of benzene rings is 2. The van der Waals surface area contributed by atoms with Gasteiger partial charge in [-0.1, -0.05) is 50.2 Å². The second-order valence-corrected chi connectivity index (χ2v) is 9.81. The SMILES string of the molecule is CC(C)c1ccccc1-c1c(C=CC(=O)N2CCC(S(=O)(=O)O)CC2)cccc1[N+](=O)[O-]. The van der Waals surface area contributed by atoms with Gasteiger partial charge in [0, 0.05) is 25.2 Å². The number of piperidine rings is 1. The van der Waals surface area contributed by atoms with Crippen LogP contribution in [-0.2, 0) is 14.9 Å². The summed E-state index contributed by atoms with van der Waals surface area (Å²) in [5.41, 5.74) is 2.68. The lowest BCUT2D eigenvalue weighted by molar-refractivity contribution is -0.384. The topological polar surface area (TPSA) is 118 Å². The van der Waals surface area contributed by atoms with E-state index in [0.29, 0.717) is 11.1 Å². The number of carbonyl (C=O) groups is 1. The van der Waals surface area contributed by atoms with Crippen LogP contribution in [0.1, 0.15) is 43.7 Å². The van der Waals surface area contributed by atoms with Gasteiger partial charge in [0.25, 0.3) is 15.8 Å². The van der Waals surface area contributed by atoms with Crippen LogP contribution in [0.2, 0.25) is 0 Å². The highest BCUT2D eigenvalue weighted by Crippen LogP contribution is 2.38. The van der Waals surface area contributed by atoms with Crippen molar-refractivity contribution < 1.29 is 22.7 Å². The van der Waals surface area contributed by atoms with Crippen LogP contribution in [0.25, 0.3) is 17.2 Å². The van der Waals surface area contributed by atoms with Crippen molar-refractivity contribution in [1.29, 1.82) is 0 Å². The summed E-state index contributed by atoms with van der Waals surface area (Å²) < 4.78 is 31.8. The Bertz CT molecular complexity index is 1150. The van der Waals surface area contributed by atoms with E-state index < -0.39 is 20.3 Å². The molecular formula is C23H26N2O6S. The van der Waals surface area contributed by atoms with E-state index in [1.807, 2.05) is 38.1 Å². The molecule has 1 fully saturated rings. The number of nitro groups is 1. The Kier molecular flexibility index (Phi) is 7.10. The van der Waals surface area contributed by atoms with Crippen LogP contribution in [0.5, 0.6) is 0 Å². The van der Waals surface area contributed by atoms with Crippen LogP contribution in [0, 0.1) is 10.1 Å². The third-order valence-corrected chi connectivity index (χ3v) is 7.02. The van der Waals surface area contributed by atoms with Crippen molar-refractivity contribution >= 4 is 27.8 Å². The number of amides is 1. The van der Waals surface area contributed by atoms with Crippen LogP contribution < -0.4 is 0 Å². The van der Waals surface area contributed by atoms with Crippen molar-refractivity contribution in [2.75, 3.05) is 13.1 Å². The summed E-state index contributed by atoms with van der Waals surface area (Å²) in [6.07, 6.45) is 3.26. The lowest BCUT2D eigenvalue weighted by Crippen LogP contribution is -2.41. The largest absolute Gasteiger partial charge is 0.339 e. The first-order valence-corrected chi connectivity index (χ1v) is 11.9. The van der Waals surface area contributed by atoms with Gasteiger partial charge >= 0.3 is 0 Å². The van der Waals surface area contributed by atoms with Crippen molar-refractivity contribution in [3.8, 4) is 11.1 Å². The predicted octanol–water partition coefficient (Wildman–Crippen LogP) is 4.28. The molecule has 0 aliphatic carbocycles. The standard InChI is InChI=1S/C23H26N2O6S/c1-16(2)19-7-3-4-8-20(19)23-17(6-5-9-21(23)25(27)28)10-11-22(26)24-14-12-18(13-15-24)32(29,30)31/h3-11,16,18H,12-15H2,1-2H3,(H,29,30,31). The van der Waals surface area contributed by atoms with Crippen LogP contribution in [-0.4, -0.2) is 47.0 Å². The first-order valence-electron chi connectivity index (χ1n) is 10.4. The van der Waals surface area contributed by atoms with E-state index in [-0.39, 0.29) is 43.4 Å². The van der Waals surface area contributed by atoms with Crippen molar-refractivity contribution in [2.24, 2.45) is 0 Å². The normalized spacial score (nSPS) is 15.4. The smallest absolute Gasteiger partial charge is 0.277 e. The number of nitro benzene ring substituents is 1. The van der Waals surface area contributed by atoms with E-state index in [4.69, 9.17) is 0 Å². The highest BCUT2D eigenvalue weighted by Gasteiger charge is 2.29. The summed E-state index contributed by atoms with van der Waals surface area (Å²) in [4.78, 5) is 25.5. The highest BCUT2D eigenvalue weighted by atomic mass is 32.2. The summed E-state index contributed by atoms with van der Waals surface area (Å²) in [5, 5.41) is 10.9. The zero-order valence-electron chi connectivity index (χ0n) is 18.0. The van der Waals surface area contributed by atoms with Gasteiger partial charge in [0.2, 0.25) is 5.91 Å². The Morgan fingerprint density at radius 1 is 1.16 bits per heavy atom. The molecule has 0 spiro atoms. The Balaban J connectivity index is 1.93. The molecule has 0 aromatic heterocycles. The van der Waals surface area contributed by atoms with E-state index in [1.165, 1.54) is 17.0 Å². The zero-order valence-corrected chi connectivity index (χ0v) is 18.8. The zero-order chi connectivity index (χ0) is 23.5. The molecule has 0 radical (unpaired) electrons. The molecule has 1 saturated heterocycles. The molecule has 3 rings (SSSR count). The Morgan fingerprint density at radius 2 is 1.81 bits per heavy atom. The van der Waals surface area contributed by atoms with Gasteiger partial charge in [-0.25, -0.2) is 0 Å². The van der Waals surface area contributed by atoms with Crippen molar-refractivity contribution in [2.45, 2.75) is 37.9 Å². The number of rotatable bonds is 6. The molecule has 170 valence electrons. The summed E-state index contributed by atoms with van der Waals surface area (Å²) in [5.74, 6) is -0.165. The number of carbonyl (C=O) groups excluding carboxylic acids is 1. The molecule has 0 bridgehead atoms. The summed E-state index contributed by atoms with van der Waals surface area (Å²) in [7, 11) is -4.11. The van der Waals surface area contributed by atoms with Crippen LogP contribution in [0.15, 0.2) is 48.5 Å². The van der Waals surface area contributed by atoms with Crippen molar-refractivity contribution in [3.63, 3.8) is 0 Å². The molecule has 1 heterocycles. The maximum atomic E-state index is 12.7. The maximum absolute atomic E-state index is 12.7.